The maximum atomic E-state index is 12.4. The van der Waals surface area contributed by atoms with E-state index >= 15 is 0 Å². The molecule has 1 N–H and O–H groups in total. The average molecular weight is 352 g/mol. The van der Waals surface area contributed by atoms with Gasteiger partial charge in [0, 0.05) is 18.2 Å². The maximum absolute atomic E-state index is 12.4. The van der Waals surface area contributed by atoms with Crippen LogP contribution in [0.15, 0.2) is 55.1 Å². The predicted octanol–water partition coefficient (Wildman–Crippen LogP) is 2.27. The van der Waals surface area contributed by atoms with Gasteiger partial charge in [0.2, 0.25) is 0 Å². The summed E-state index contributed by atoms with van der Waals surface area (Å²) in [7, 11) is 3.11. The van der Waals surface area contributed by atoms with Gasteiger partial charge in [-0.05, 0) is 23.3 Å². The fourth-order valence-electron chi connectivity index (χ4n) is 2.49. The van der Waals surface area contributed by atoms with Crippen LogP contribution >= 0.6 is 0 Å². The summed E-state index contributed by atoms with van der Waals surface area (Å²) in [6.45, 7) is 1.10. The van der Waals surface area contributed by atoms with Gasteiger partial charge in [-0.1, -0.05) is 24.3 Å². The minimum atomic E-state index is -0.186. The van der Waals surface area contributed by atoms with E-state index in [0.717, 1.165) is 11.1 Å². The number of amides is 1. The Balaban J connectivity index is 1.60. The minimum absolute atomic E-state index is 0.186. The van der Waals surface area contributed by atoms with Gasteiger partial charge in [-0.3, -0.25) is 4.79 Å². The van der Waals surface area contributed by atoms with E-state index in [4.69, 9.17) is 9.47 Å². The van der Waals surface area contributed by atoms with Crippen LogP contribution in [0.2, 0.25) is 0 Å². The Morgan fingerprint density at radius 2 is 1.69 bits per heavy atom. The van der Waals surface area contributed by atoms with Crippen LogP contribution < -0.4 is 14.8 Å². The third-order valence-electron chi connectivity index (χ3n) is 3.90. The number of benzene rings is 2. The largest absolute Gasteiger partial charge is 0.497 e. The smallest absolute Gasteiger partial charge is 0.251 e. The molecule has 0 fully saturated rings. The molecule has 1 amide bonds. The van der Waals surface area contributed by atoms with Gasteiger partial charge in [0.05, 0.1) is 20.8 Å². The van der Waals surface area contributed by atoms with Crippen LogP contribution in [0.1, 0.15) is 21.5 Å². The highest BCUT2D eigenvalue weighted by Gasteiger charge is 2.09. The van der Waals surface area contributed by atoms with Crippen LogP contribution in [0.25, 0.3) is 0 Å². The molecular formula is C19H20N4O3. The molecule has 0 bridgehead atoms. The van der Waals surface area contributed by atoms with Crippen molar-refractivity contribution in [2.24, 2.45) is 0 Å². The number of hydrogen-bond acceptors (Lipinski definition) is 5. The second-order valence-corrected chi connectivity index (χ2v) is 5.69. The lowest BCUT2D eigenvalue weighted by Gasteiger charge is -2.10. The van der Waals surface area contributed by atoms with Crippen molar-refractivity contribution in [1.29, 1.82) is 0 Å². The molecule has 0 atom stereocenters. The lowest BCUT2D eigenvalue weighted by Crippen LogP contribution is -2.22. The van der Waals surface area contributed by atoms with Crippen LogP contribution in [0.4, 0.5) is 0 Å². The first kappa shape index (κ1) is 17.5. The summed E-state index contributed by atoms with van der Waals surface area (Å²) in [5, 5.41) is 6.99. The first-order valence-corrected chi connectivity index (χ1v) is 8.09. The molecule has 7 heteroatoms. The summed E-state index contributed by atoms with van der Waals surface area (Å²) < 4.78 is 12.1. The lowest BCUT2D eigenvalue weighted by atomic mass is 10.1. The SMILES string of the molecule is COc1cc(OC)cc(C(=O)NCc2ccc(Cn3cncn3)cc2)c1. The fourth-order valence-corrected chi connectivity index (χ4v) is 2.49. The third kappa shape index (κ3) is 4.38. The molecule has 1 heterocycles. The fraction of sp³-hybridized carbons (Fsp3) is 0.211. The van der Waals surface area contributed by atoms with Crippen molar-refractivity contribution >= 4 is 5.91 Å². The van der Waals surface area contributed by atoms with E-state index in [-0.39, 0.29) is 5.91 Å². The standard InChI is InChI=1S/C19H20N4O3/c1-25-17-7-16(8-18(9-17)26-2)19(24)21-10-14-3-5-15(6-4-14)11-23-13-20-12-22-23/h3-9,12-13H,10-11H2,1-2H3,(H,21,24). The van der Waals surface area contributed by atoms with Crippen molar-refractivity contribution in [2.75, 3.05) is 14.2 Å². The lowest BCUT2D eigenvalue weighted by molar-refractivity contribution is 0.0950. The Morgan fingerprint density at radius 1 is 1.04 bits per heavy atom. The van der Waals surface area contributed by atoms with Crippen LogP contribution in [0.3, 0.4) is 0 Å². The van der Waals surface area contributed by atoms with Crippen molar-refractivity contribution in [3.05, 3.63) is 71.8 Å². The Bertz CT molecular complexity index is 839. The number of aromatic nitrogens is 3. The molecular weight excluding hydrogens is 332 g/mol. The molecule has 0 aliphatic heterocycles. The molecule has 0 spiro atoms. The van der Waals surface area contributed by atoms with Crippen molar-refractivity contribution in [2.45, 2.75) is 13.1 Å². The summed E-state index contributed by atoms with van der Waals surface area (Å²) in [6, 6.07) is 13.1. The number of ether oxygens (including phenoxy) is 2. The molecule has 7 nitrogen and oxygen atoms in total. The zero-order chi connectivity index (χ0) is 18.4. The van der Waals surface area contributed by atoms with Crippen LogP contribution in [0.5, 0.6) is 11.5 Å². The summed E-state index contributed by atoms with van der Waals surface area (Å²) in [5.74, 6) is 0.966. The summed E-state index contributed by atoms with van der Waals surface area (Å²) in [5.41, 5.74) is 2.61. The second-order valence-electron chi connectivity index (χ2n) is 5.69. The molecule has 0 saturated heterocycles. The number of nitrogens with zero attached hydrogens (tertiary/aromatic N) is 3. The van der Waals surface area contributed by atoms with E-state index in [1.165, 1.54) is 6.33 Å². The monoisotopic (exact) mass is 352 g/mol. The second kappa shape index (κ2) is 8.15. The van der Waals surface area contributed by atoms with Crippen molar-refractivity contribution in [3.63, 3.8) is 0 Å². The predicted molar refractivity (Wildman–Crippen MR) is 96.3 cm³/mol. The summed E-state index contributed by atoms with van der Waals surface area (Å²) >= 11 is 0. The van der Waals surface area contributed by atoms with E-state index < -0.39 is 0 Å². The van der Waals surface area contributed by atoms with Gasteiger partial charge in [0.15, 0.2) is 0 Å². The van der Waals surface area contributed by atoms with Gasteiger partial charge in [0.1, 0.15) is 24.2 Å². The Morgan fingerprint density at radius 3 is 2.27 bits per heavy atom. The molecule has 0 unspecified atom stereocenters. The Kier molecular flexibility index (Phi) is 5.48. The van der Waals surface area contributed by atoms with Gasteiger partial charge < -0.3 is 14.8 Å². The van der Waals surface area contributed by atoms with Gasteiger partial charge in [0.25, 0.3) is 5.91 Å². The number of nitrogens with one attached hydrogen (secondary N) is 1. The number of methoxy groups -OCH3 is 2. The van der Waals surface area contributed by atoms with Crippen LogP contribution in [-0.2, 0) is 13.1 Å². The third-order valence-corrected chi connectivity index (χ3v) is 3.90. The number of hydrogen-bond donors (Lipinski definition) is 1. The topological polar surface area (TPSA) is 78.3 Å². The molecule has 3 rings (SSSR count). The molecule has 0 aliphatic carbocycles. The van der Waals surface area contributed by atoms with E-state index in [1.54, 1.807) is 43.4 Å². The van der Waals surface area contributed by atoms with Crippen molar-refractivity contribution in [1.82, 2.24) is 20.1 Å². The maximum Gasteiger partial charge on any atom is 0.251 e. The van der Waals surface area contributed by atoms with Gasteiger partial charge in [-0.2, -0.15) is 5.10 Å². The average Bonchev–Trinajstić information content (AvgIpc) is 3.19. The molecule has 0 radical (unpaired) electrons. The molecule has 1 aromatic heterocycles. The van der Waals surface area contributed by atoms with Crippen molar-refractivity contribution < 1.29 is 14.3 Å². The zero-order valence-electron chi connectivity index (χ0n) is 14.7. The van der Waals surface area contributed by atoms with Gasteiger partial charge in [-0.25, -0.2) is 9.67 Å². The summed E-state index contributed by atoms with van der Waals surface area (Å²) in [6.07, 6.45) is 3.19. The molecule has 3 aromatic rings. The zero-order valence-corrected chi connectivity index (χ0v) is 14.7. The molecule has 134 valence electrons. The van der Waals surface area contributed by atoms with E-state index in [2.05, 4.69) is 15.4 Å². The van der Waals surface area contributed by atoms with E-state index in [1.807, 2.05) is 24.3 Å². The first-order chi connectivity index (χ1) is 12.7. The van der Waals surface area contributed by atoms with E-state index in [0.29, 0.717) is 30.2 Å². The first-order valence-electron chi connectivity index (χ1n) is 8.09. The highest BCUT2D eigenvalue weighted by Crippen LogP contribution is 2.22. The van der Waals surface area contributed by atoms with Crippen molar-refractivity contribution in [3.8, 4) is 11.5 Å². The van der Waals surface area contributed by atoms with Gasteiger partial charge in [-0.15, -0.1) is 0 Å². The molecule has 0 saturated carbocycles. The molecule has 0 aliphatic rings. The molecule has 2 aromatic carbocycles. The van der Waals surface area contributed by atoms with Crippen LogP contribution in [0, 0.1) is 0 Å². The number of carbonyl (C=O) groups is 1. The number of carbonyl (C=O) groups excluding carboxylic acids is 1. The number of rotatable bonds is 7. The van der Waals surface area contributed by atoms with Crippen LogP contribution in [-0.4, -0.2) is 34.9 Å². The Labute approximate surface area is 151 Å². The Hall–Kier alpha value is -3.35. The molecule has 26 heavy (non-hydrogen) atoms. The van der Waals surface area contributed by atoms with E-state index in [9.17, 15) is 4.79 Å². The highest BCUT2D eigenvalue weighted by molar-refractivity contribution is 5.95. The minimum Gasteiger partial charge on any atom is -0.497 e. The quantitative estimate of drug-likeness (QED) is 0.706. The van der Waals surface area contributed by atoms with Gasteiger partial charge >= 0.3 is 0 Å². The highest BCUT2D eigenvalue weighted by atomic mass is 16.5. The summed E-state index contributed by atoms with van der Waals surface area (Å²) in [4.78, 5) is 16.3. The normalized spacial score (nSPS) is 10.4.